The summed E-state index contributed by atoms with van der Waals surface area (Å²) < 4.78 is 6.17. The third-order valence-electron chi connectivity index (χ3n) is 4.68. The van der Waals surface area contributed by atoms with Crippen LogP contribution in [-0.2, 0) is 0 Å². The molecular formula is C18H25NO. The fourth-order valence-corrected chi connectivity index (χ4v) is 3.63. The summed E-state index contributed by atoms with van der Waals surface area (Å²) >= 11 is 0. The summed E-state index contributed by atoms with van der Waals surface area (Å²) in [6.45, 7) is 3.24. The molecule has 0 aliphatic heterocycles. The summed E-state index contributed by atoms with van der Waals surface area (Å²) in [5.41, 5.74) is 2.34. The molecule has 1 aromatic heterocycles. The van der Waals surface area contributed by atoms with Crippen LogP contribution in [-0.4, -0.2) is 13.6 Å². The van der Waals surface area contributed by atoms with E-state index in [9.17, 15) is 0 Å². The lowest BCUT2D eigenvalue weighted by molar-refractivity contribution is 0.341. The van der Waals surface area contributed by atoms with E-state index in [1.165, 1.54) is 48.8 Å². The number of hydrogen-bond donors (Lipinski definition) is 1. The summed E-state index contributed by atoms with van der Waals surface area (Å²) in [6, 6.07) is 8.75. The Morgan fingerprint density at radius 3 is 2.85 bits per heavy atom. The van der Waals surface area contributed by atoms with Crippen LogP contribution in [0.5, 0.6) is 0 Å². The average Bonchev–Trinajstić information content (AvgIpc) is 2.70. The van der Waals surface area contributed by atoms with Gasteiger partial charge in [-0.15, -0.1) is 0 Å². The molecule has 1 aliphatic carbocycles. The summed E-state index contributed by atoms with van der Waals surface area (Å²) in [5.74, 6) is 2.49. The predicted molar refractivity (Wildman–Crippen MR) is 84.2 cm³/mol. The number of furan rings is 1. The van der Waals surface area contributed by atoms with E-state index in [-0.39, 0.29) is 0 Å². The molecule has 1 aromatic carbocycles. The first-order chi connectivity index (χ1) is 9.78. The standard InChI is InChI=1S/C18H25NO/c1-13-8-9-17-15(10-13)11-18(20-17)16-7-5-3-4-6-14(16)12-19-2/h8-11,14,16,19H,3-7,12H2,1-2H3. The van der Waals surface area contributed by atoms with E-state index in [1.807, 2.05) is 0 Å². The van der Waals surface area contributed by atoms with Gasteiger partial charge in [0.25, 0.3) is 0 Å². The van der Waals surface area contributed by atoms with Crippen molar-refractivity contribution in [1.82, 2.24) is 5.32 Å². The van der Waals surface area contributed by atoms with Gasteiger partial charge in [-0.2, -0.15) is 0 Å². The van der Waals surface area contributed by atoms with Gasteiger partial charge in [0, 0.05) is 11.3 Å². The molecule has 1 heterocycles. The minimum absolute atomic E-state index is 0.581. The van der Waals surface area contributed by atoms with Gasteiger partial charge >= 0.3 is 0 Å². The van der Waals surface area contributed by atoms with E-state index in [2.05, 4.69) is 43.6 Å². The molecule has 1 N–H and O–H groups in total. The lowest BCUT2D eigenvalue weighted by Crippen LogP contribution is -2.23. The van der Waals surface area contributed by atoms with Crippen molar-refractivity contribution in [2.24, 2.45) is 5.92 Å². The van der Waals surface area contributed by atoms with Crippen molar-refractivity contribution in [3.05, 3.63) is 35.6 Å². The van der Waals surface area contributed by atoms with Crippen molar-refractivity contribution in [2.45, 2.75) is 44.9 Å². The average molecular weight is 271 g/mol. The molecule has 2 atom stereocenters. The Labute approximate surface area is 121 Å². The maximum atomic E-state index is 6.17. The Balaban J connectivity index is 1.93. The minimum Gasteiger partial charge on any atom is -0.461 e. The molecule has 20 heavy (non-hydrogen) atoms. The minimum atomic E-state index is 0.581. The Morgan fingerprint density at radius 2 is 2.00 bits per heavy atom. The second-order valence-corrected chi connectivity index (χ2v) is 6.25. The molecule has 108 valence electrons. The van der Waals surface area contributed by atoms with Crippen LogP contribution >= 0.6 is 0 Å². The van der Waals surface area contributed by atoms with E-state index in [1.54, 1.807) is 0 Å². The van der Waals surface area contributed by atoms with E-state index in [4.69, 9.17) is 4.42 Å². The third-order valence-corrected chi connectivity index (χ3v) is 4.68. The molecular weight excluding hydrogens is 246 g/mol. The van der Waals surface area contributed by atoms with Crippen LogP contribution in [0, 0.1) is 12.8 Å². The number of fused-ring (bicyclic) bond motifs is 1. The molecule has 0 saturated heterocycles. The second-order valence-electron chi connectivity index (χ2n) is 6.25. The van der Waals surface area contributed by atoms with Crippen LogP contribution < -0.4 is 5.32 Å². The summed E-state index contributed by atoms with van der Waals surface area (Å²) in [4.78, 5) is 0. The SMILES string of the molecule is CNCC1CCCCCC1c1cc2cc(C)ccc2o1. The van der Waals surface area contributed by atoms with E-state index < -0.39 is 0 Å². The molecule has 1 aliphatic rings. The fraction of sp³-hybridized carbons (Fsp3) is 0.556. The first-order valence-electron chi connectivity index (χ1n) is 7.92. The Morgan fingerprint density at radius 1 is 1.15 bits per heavy atom. The molecule has 1 fully saturated rings. The molecule has 2 nitrogen and oxygen atoms in total. The molecule has 3 rings (SSSR count). The monoisotopic (exact) mass is 271 g/mol. The zero-order chi connectivity index (χ0) is 13.9. The molecule has 2 heteroatoms. The first-order valence-corrected chi connectivity index (χ1v) is 7.92. The predicted octanol–water partition coefficient (Wildman–Crippen LogP) is 4.62. The highest BCUT2D eigenvalue weighted by Crippen LogP contribution is 2.38. The number of benzene rings is 1. The van der Waals surface area contributed by atoms with Gasteiger partial charge in [-0.1, -0.05) is 30.9 Å². The van der Waals surface area contributed by atoms with Gasteiger partial charge < -0.3 is 9.73 Å². The van der Waals surface area contributed by atoms with Gasteiger partial charge in [-0.25, -0.2) is 0 Å². The van der Waals surface area contributed by atoms with Crippen LogP contribution in [0.2, 0.25) is 0 Å². The smallest absolute Gasteiger partial charge is 0.134 e. The van der Waals surface area contributed by atoms with Gasteiger partial charge in [-0.3, -0.25) is 0 Å². The van der Waals surface area contributed by atoms with Crippen molar-refractivity contribution in [3.63, 3.8) is 0 Å². The number of aryl methyl sites for hydroxylation is 1. The van der Waals surface area contributed by atoms with Crippen LogP contribution in [0.25, 0.3) is 11.0 Å². The highest BCUT2D eigenvalue weighted by atomic mass is 16.3. The van der Waals surface area contributed by atoms with E-state index in [0.717, 1.165) is 12.1 Å². The van der Waals surface area contributed by atoms with Crippen LogP contribution in [0.3, 0.4) is 0 Å². The van der Waals surface area contributed by atoms with Gasteiger partial charge in [0.2, 0.25) is 0 Å². The maximum Gasteiger partial charge on any atom is 0.134 e. The largest absolute Gasteiger partial charge is 0.461 e. The van der Waals surface area contributed by atoms with Gasteiger partial charge in [-0.05, 0) is 57.5 Å². The lowest BCUT2D eigenvalue weighted by Gasteiger charge is -2.23. The second kappa shape index (κ2) is 6.01. The van der Waals surface area contributed by atoms with Crippen molar-refractivity contribution in [3.8, 4) is 0 Å². The molecule has 1 saturated carbocycles. The highest BCUT2D eigenvalue weighted by Gasteiger charge is 2.27. The van der Waals surface area contributed by atoms with Gasteiger partial charge in [0.05, 0.1) is 0 Å². The topological polar surface area (TPSA) is 25.2 Å². The van der Waals surface area contributed by atoms with Crippen molar-refractivity contribution >= 4 is 11.0 Å². The number of rotatable bonds is 3. The zero-order valence-corrected chi connectivity index (χ0v) is 12.6. The first kappa shape index (κ1) is 13.7. The van der Waals surface area contributed by atoms with Crippen molar-refractivity contribution in [1.29, 1.82) is 0 Å². The van der Waals surface area contributed by atoms with E-state index in [0.29, 0.717) is 11.8 Å². The van der Waals surface area contributed by atoms with Crippen LogP contribution in [0.1, 0.15) is 49.3 Å². The van der Waals surface area contributed by atoms with Gasteiger partial charge in [0.15, 0.2) is 0 Å². The Bertz CT molecular complexity index is 572. The fourth-order valence-electron chi connectivity index (χ4n) is 3.63. The Hall–Kier alpha value is -1.28. The zero-order valence-electron chi connectivity index (χ0n) is 12.6. The molecule has 2 aromatic rings. The Kier molecular flexibility index (Phi) is 4.11. The normalized spacial score (nSPS) is 23.9. The molecule has 0 amide bonds. The third kappa shape index (κ3) is 2.76. The molecule has 0 bridgehead atoms. The molecule has 0 spiro atoms. The molecule has 2 unspecified atom stereocenters. The van der Waals surface area contributed by atoms with Crippen molar-refractivity contribution in [2.75, 3.05) is 13.6 Å². The number of nitrogens with one attached hydrogen (secondary N) is 1. The van der Waals surface area contributed by atoms with Crippen LogP contribution in [0.15, 0.2) is 28.7 Å². The summed E-state index contributed by atoms with van der Waals surface area (Å²) in [6.07, 6.45) is 6.66. The number of hydrogen-bond acceptors (Lipinski definition) is 2. The summed E-state index contributed by atoms with van der Waals surface area (Å²) in [7, 11) is 2.06. The maximum absolute atomic E-state index is 6.17. The van der Waals surface area contributed by atoms with Crippen molar-refractivity contribution < 1.29 is 4.42 Å². The highest BCUT2D eigenvalue weighted by molar-refractivity contribution is 5.78. The quantitative estimate of drug-likeness (QED) is 0.824. The summed E-state index contributed by atoms with van der Waals surface area (Å²) in [5, 5.41) is 4.62. The lowest BCUT2D eigenvalue weighted by atomic mass is 9.86. The molecule has 0 radical (unpaired) electrons. The van der Waals surface area contributed by atoms with E-state index >= 15 is 0 Å². The van der Waals surface area contributed by atoms with Crippen LogP contribution in [0.4, 0.5) is 0 Å². The van der Waals surface area contributed by atoms with Gasteiger partial charge in [0.1, 0.15) is 11.3 Å².